The van der Waals surface area contributed by atoms with Crippen LogP contribution in [0, 0.1) is 11.3 Å². The molecule has 2 aromatic carbocycles. The average molecular weight is 533 g/mol. The van der Waals surface area contributed by atoms with E-state index in [4.69, 9.17) is 9.47 Å². The Labute approximate surface area is 226 Å². The molecule has 3 aliphatic rings. The maximum absolute atomic E-state index is 14.2. The molecule has 0 saturated carbocycles. The molecule has 4 heterocycles. The van der Waals surface area contributed by atoms with Crippen molar-refractivity contribution in [3.05, 3.63) is 65.9 Å². The summed E-state index contributed by atoms with van der Waals surface area (Å²) in [6.07, 6.45) is 1.69. The van der Waals surface area contributed by atoms with E-state index in [1.54, 1.807) is 30.5 Å². The molecule has 39 heavy (non-hydrogen) atoms. The predicted molar refractivity (Wildman–Crippen MR) is 142 cm³/mol. The van der Waals surface area contributed by atoms with E-state index in [0.29, 0.717) is 35.7 Å². The lowest BCUT2D eigenvalue weighted by Gasteiger charge is -2.34. The molecule has 2 N–H and O–H groups in total. The predicted octanol–water partition coefficient (Wildman–Crippen LogP) is 4.32. The van der Waals surface area contributed by atoms with Crippen molar-refractivity contribution in [2.45, 2.75) is 36.8 Å². The number of nitriles is 1. The van der Waals surface area contributed by atoms with E-state index < -0.39 is 18.6 Å². The van der Waals surface area contributed by atoms with Crippen molar-refractivity contribution in [3.8, 4) is 23.1 Å². The smallest absolute Gasteiger partial charge is 0.296 e. The number of halogens is 2. The number of hydrogen-bond donors (Lipinski definition) is 2. The first kappa shape index (κ1) is 25.6. The summed E-state index contributed by atoms with van der Waals surface area (Å²) in [5, 5.41) is 15.6. The van der Waals surface area contributed by atoms with Gasteiger partial charge in [-0.05, 0) is 67.4 Å². The van der Waals surface area contributed by atoms with E-state index >= 15 is 0 Å². The summed E-state index contributed by atoms with van der Waals surface area (Å²) in [5.41, 5.74) is 3.65. The molecule has 0 bridgehead atoms. The maximum Gasteiger partial charge on any atom is 0.296 e. The number of alkyl halides is 2. The third-order valence-electron chi connectivity index (χ3n) is 7.73. The number of nitrogens with zero attached hydrogens (tertiary/aromatic N) is 4. The van der Waals surface area contributed by atoms with Gasteiger partial charge in [-0.25, -0.2) is 18.7 Å². The quantitative estimate of drug-likeness (QED) is 0.465. The lowest BCUT2D eigenvalue weighted by molar-refractivity contribution is -0.109. The molecule has 202 valence electrons. The Morgan fingerprint density at radius 2 is 1.97 bits per heavy atom. The molecule has 8 nitrogen and oxygen atoms in total. The topological polar surface area (TPSA) is 95.3 Å². The van der Waals surface area contributed by atoms with E-state index in [0.717, 1.165) is 38.4 Å². The van der Waals surface area contributed by atoms with Gasteiger partial charge in [0.05, 0.1) is 37.1 Å². The van der Waals surface area contributed by atoms with Crippen LogP contribution in [0.2, 0.25) is 0 Å². The SMILES string of the molecule is N#Cc1cc(-c2ccnc(Nc3ccc(C4CCN(C5COC5)C4)cc3)n2)ccc1OC1CCNCC1(F)F. The molecule has 3 aromatic rings. The Hall–Kier alpha value is -3.65. The second kappa shape index (κ2) is 10.8. The van der Waals surface area contributed by atoms with Crippen molar-refractivity contribution < 1.29 is 18.3 Å². The summed E-state index contributed by atoms with van der Waals surface area (Å²) in [4.78, 5) is 11.5. The van der Waals surface area contributed by atoms with Gasteiger partial charge in [0, 0.05) is 30.4 Å². The van der Waals surface area contributed by atoms with Crippen LogP contribution < -0.4 is 15.4 Å². The van der Waals surface area contributed by atoms with Crippen LogP contribution in [0.25, 0.3) is 11.3 Å². The average Bonchev–Trinajstić information content (AvgIpc) is 3.39. The highest BCUT2D eigenvalue weighted by atomic mass is 19.3. The lowest BCUT2D eigenvalue weighted by atomic mass is 9.98. The largest absolute Gasteiger partial charge is 0.483 e. The Bertz CT molecular complexity index is 1360. The van der Waals surface area contributed by atoms with Gasteiger partial charge in [0.25, 0.3) is 5.92 Å². The molecule has 0 spiro atoms. The molecule has 0 radical (unpaired) electrons. The zero-order chi connectivity index (χ0) is 26.8. The van der Waals surface area contributed by atoms with Crippen LogP contribution in [0.4, 0.5) is 20.4 Å². The van der Waals surface area contributed by atoms with Crippen LogP contribution in [0.15, 0.2) is 54.7 Å². The van der Waals surface area contributed by atoms with Gasteiger partial charge in [-0.3, -0.25) is 4.90 Å². The van der Waals surface area contributed by atoms with Gasteiger partial charge in [0.1, 0.15) is 11.8 Å². The van der Waals surface area contributed by atoms with Crippen molar-refractivity contribution in [2.24, 2.45) is 0 Å². The van der Waals surface area contributed by atoms with Crippen LogP contribution in [-0.2, 0) is 4.74 Å². The molecule has 0 aliphatic carbocycles. The first-order chi connectivity index (χ1) is 19.0. The number of piperidine rings is 1. The molecular formula is C29H30F2N6O2. The minimum Gasteiger partial charge on any atom is -0.483 e. The van der Waals surface area contributed by atoms with E-state index in [-0.39, 0.29) is 17.7 Å². The second-order valence-electron chi connectivity index (χ2n) is 10.3. The Morgan fingerprint density at radius 3 is 2.72 bits per heavy atom. The summed E-state index contributed by atoms with van der Waals surface area (Å²) in [6, 6.07) is 17.7. The summed E-state index contributed by atoms with van der Waals surface area (Å²) < 4.78 is 39.4. The molecule has 3 aliphatic heterocycles. The zero-order valence-electron chi connectivity index (χ0n) is 21.4. The van der Waals surface area contributed by atoms with Gasteiger partial charge in [0.15, 0.2) is 6.10 Å². The number of anilines is 2. The fourth-order valence-corrected chi connectivity index (χ4v) is 5.36. The number of hydrogen-bond acceptors (Lipinski definition) is 8. The Balaban J connectivity index is 1.13. The summed E-state index contributed by atoms with van der Waals surface area (Å²) >= 11 is 0. The monoisotopic (exact) mass is 532 g/mol. The lowest BCUT2D eigenvalue weighted by Crippen LogP contribution is -2.52. The van der Waals surface area contributed by atoms with Crippen LogP contribution in [-0.4, -0.2) is 72.3 Å². The second-order valence-corrected chi connectivity index (χ2v) is 10.3. The van der Waals surface area contributed by atoms with Crippen LogP contribution >= 0.6 is 0 Å². The van der Waals surface area contributed by atoms with Crippen molar-refractivity contribution in [1.29, 1.82) is 5.26 Å². The Morgan fingerprint density at radius 1 is 1.13 bits per heavy atom. The number of benzene rings is 2. The van der Waals surface area contributed by atoms with Crippen LogP contribution in [0.5, 0.6) is 5.75 Å². The number of likely N-dealkylation sites (tertiary alicyclic amines) is 1. The molecule has 6 rings (SSSR count). The van der Waals surface area contributed by atoms with Gasteiger partial charge in [-0.15, -0.1) is 0 Å². The standard InChI is InChI=1S/C29H30F2N6O2/c30-29(31)18-33-10-8-27(29)39-26-6-3-20(13-22(26)14-32)25-7-11-34-28(36-25)35-23-4-1-19(2-5-23)21-9-12-37(15-21)24-16-38-17-24/h1-7,11,13,21,24,27,33H,8-10,12,15-18H2,(H,34,35,36). The fourth-order valence-electron chi connectivity index (χ4n) is 5.36. The number of aromatic nitrogens is 2. The van der Waals surface area contributed by atoms with Gasteiger partial charge in [-0.1, -0.05) is 12.1 Å². The number of rotatable bonds is 7. The van der Waals surface area contributed by atoms with E-state index in [1.807, 2.05) is 12.1 Å². The zero-order valence-corrected chi connectivity index (χ0v) is 21.4. The summed E-state index contributed by atoms with van der Waals surface area (Å²) in [7, 11) is 0. The van der Waals surface area contributed by atoms with Crippen molar-refractivity contribution in [1.82, 2.24) is 20.2 Å². The molecule has 2 unspecified atom stereocenters. The molecule has 3 fully saturated rings. The third kappa shape index (κ3) is 5.57. The van der Waals surface area contributed by atoms with Gasteiger partial charge in [-0.2, -0.15) is 5.26 Å². The molecule has 10 heteroatoms. The molecule has 0 amide bonds. The summed E-state index contributed by atoms with van der Waals surface area (Å²) in [5.74, 6) is -1.91. The highest BCUT2D eigenvalue weighted by Gasteiger charge is 2.43. The van der Waals surface area contributed by atoms with Crippen LogP contribution in [0.1, 0.15) is 29.9 Å². The van der Waals surface area contributed by atoms with Gasteiger partial charge >= 0.3 is 0 Å². The molecule has 1 aromatic heterocycles. The summed E-state index contributed by atoms with van der Waals surface area (Å²) in [6.45, 7) is 3.89. The number of ether oxygens (including phenoxy) is 2. The van der Waals surface area contributed by atoms with E-state index in [1.165, 1.54) is 5.56 Å². The third-order valence-corrected chi connectivity index (χ3v) is 7.73. The first-order valence-electron chi connectivity index (χ1n) is 13.3. The van der Waals surface area contributed by atoms with E-state index in [9.17, 15) is 14.0 Å². The molecule has 2 atom stereocenters. The normalized spacial score (nSPS) is 23.1. The van der Waals surface area contributed by atoms with Crippen molar-refractivity contribution in [3.63, 3.8) is 0 Å². The van der Waals surface area contributed by atoms with E-state index in [2.05, 4.69) is 43.7 Å². The molecular weight excluding hydrogens is 502 g/mol. The maximum atomic E-state index is 14.2. The van der Waals surface area contributed by atoms with Gasteiger partial charge < -0.3 is 20.1 Å². The molecule has 3 saturated heterocycles. The highest BCUT2D eigenvalue weighted by molar-refractivity contribution is 5.66. The minimum atomic E-state index is -3.00. The van der Waals surface area contributed by atoms with Crippen molar-refractivity contribution >= 4 is 11.6 Å². The Kier molecular flexibility index (Phi) is 7.12. The number of nitrogens with one attached hydrogen (secondary N) is 2. The minimum absolute atomic E-state index is 0.145. The van der Waals surface area contributed by atoms with Crippen LogP contribution in [0.3, 0.4) is 0 Å². The highest BCUT2D eigenvalue weighted by Crippen LogP contribution is 2.33. The van der Waals surface area contributed by atoms with Gasteiger partial charge in [0.2, 0.25) is 5.95 Å². The first-order valence-corrected chi connectivity index (χ1v) is 13.3. The fraction of sp³-hybridized carbons (Fsp3) is 0.414. The van der Waals surface area contributed by atoms with Crippen molar-refractivity contribution in [2.75, 3.05) is 44.7 Å².